The van der Waals surface area contributed by atoms with Gasteiger partial charge in [-0.1, -0.05) is 0 Å². The Bertz CT molecular complexity index is 882. The van der Waals surface area contributed by atoms with E-state index in [1.54, 1.807) is 44.5 Å². The second kappa shape index (κ2) is 10.8. The predicted octanol–water partition coefficient (Wildman–Crippen LogP) is 3.16. The fourth-order valence-electron chi connectivity index (χ4n) is 3.44. The van der Waals surface area contributed by atoms with Gasteiger partial charge in [0.05, 0.1) is 19.4 Å². The first-order valence-electron chi connectivity index (χ1n) is 10.1. The van der Waals surface area contributed by atoms with Crippen LogP contribution in [-0.2, 0) is 16.5 Å². The molecule has 8 heteroatoms. The van der Waals surface area contributed by atoms with E-state index >= 15 is 0 Å². The minimum atomic E-state index is -0.472. The van der Waals surface area contributed by atoms with Crippen molar-refractivity contribution in [1.82, 2.24) is 9.47 Å². The second-order valence-corrected chi connectivity index (χ2v) is 6.89. The summed E-state index contributed by atoms with van der Waals surface area (Å²) in [5.41, 5.74) is 1.99. The zero-order valence-corrected chi connectivity index (χ0v) is 18.3. The van der Waals surface area contributed by atoms with Crippen LogP contribution in [0.2, 0.25) is 0 Å². The molecule has 0 spiro atoms. The molecule has 0 fully saturated rings. The smallest absolute Gasteiger partial charge is 0.355 e. The van der Waals surface area contributed by atoms with Crippen molar-refractivity contribution in [2.45, 2.75) is 34.1 Å². The maximum Gasteiger partial charge on any atom is 0.355 e. The van der Waals surface area contributed by atoms with Gasteiger partial charge < -0.3 is 23.4 Å². The number of esters is 1. The van der Waals surface area contributed by atoms with Crippen molar-refractivity contribution >= 4 is 17.7 Å². The van der Waals surface area contributed by atoms with Crippen molar-refractivity contribution in [3.05, 3.63) is 46.7 Å². The summed E-state index contributed by atoms with van der Waals surface area (Å²) in [6.45, 7) is 8.68. The van der Waals surface area contributed by atoms with Crippen molar-refractivity contribution in [3.63, 3.8) is 0 Å². The van der Waals surface area contributed by atoms with Gasteiger partial charge in [-0.05, 0) is 51.8 Å². The van der Waals surface area contributed by atoms with E-state index in [4.69, 9.17) is 13.9 Å². The molecule has 1 amide bonds. The van der Waals surface area contributed by atoms with E-state index < -0.39 is 5.97 Å². The van der Waals surface area contributed by atoms with Crippen molar-refractivity contribution < 1.29 is 28.3 Å². The average Bonchev–Trinajstić information content (AvgIpc) is 3.31. The number of ether oxygens (including phenoxy) is 2. The summed E-state index contributed by atoms with van der Waals surface area (Å²) < 4.78 is 17.4. The molecule has 8 nitrogen and oxygen atoms in total. The molecule has 0 atom stereocenters. The van der Waals surface area contributed by atoms with Crippen LogP contribution in [0.25, 0.3) is 0 Å². The van der Waals surface area contributed by atoms with Crippen molar-refractivity contribution in [1.29, 1.82) is 0 Å². The first-order valence-corrected chi connectivity index (χ1v) is 10.1. The number of rotatable bonds is 11. The first kappa shape index (κ1) is 23.4. The molecule has 2 aromatic heterocycles. The fraction of sp³-hybridized carbons (Fsp3) is 0.500. The monoisotopic (exact) mass is 418 g/mol. The van der Waals surface area contributed by atoms with E-state index in [0.29, 0.717) is 48.7 Å². The Kier molecular flexibility index (Phi) is 8.41. The quantitative estimate of drug-likeness (QED) is 0.316. The Morgan fingerprint density at radius 3 is 2.50 bits per heavy atom. The lowest BCUT2D eigenvalue weighted by atomic mass is 10.0. The van der Waals surface area contributed by atoms with Gasteiger partial charge in [0.2, 0.25) is 0 Å². The highest BCUT2D eigenvalue weighted by molar-refractivity contribution is 6.05. The van der Waals surface area contributed by atoms with E-state index in [-0.39, 0.29) is 30.6 Å². The molecule has 164 valence electrons. The SMILES string of the molecule is CCOCCCN(CC(=O)c1c(C)c(C(=O)OCC)n(C)c1C)C(=O)c1ccco1. The summed E-state index contributed by atoms with van der Waals surface area (Å²) in [7, 11) is 1.72. The van der Waals surface area contributed by atoms with Gasteiger partial charge in [-0.3, -0.25) is 9.59 Å². The number of nitrogens with zero attached hydrogens (tertiary/aromatic N) is 2. The number of furan rings is 1. The van der Waals surface area contributed by atoms with Crippen LogP contribution in [0.3, 0.4) is 0 Å². The Balaban J connectivity index is 2.27. The minimum absolute atomic E-state index is 0.125. The molecule has 0 aliphatic carbocycles. The van der Waals surface area contributed by atoms with Gasteiger partial charge >= 0.3 is 5.97 Å². The highest BCUT2D eigenvalue weighted by Crippen LogP contribution is 2.23. The molecule has 0 aromatic carbocycles. The number of carbonyl (C=O) groups is 3. The third kappa shape index (κ3) is 5.18. The molecule has 0 N–H and O–H groups in total. The second-order valence-electron chi connectivity index (χ2n) is 6.89. The van der Waals surface area contributed by atoms with Gasteiger partial charge in [0.25, 0.3) is 5.91 Å². The summed E-state index contributed by atoms with van der Waals surface area (Å²) >= 11 is 0. The van der Waals surface area contributed by atoms with Crippen molar-refractivity contribution in [2.24, 2.45) is 7.05 Å². The molecular weight excluding hydrogens is 388 g/mol. The molecule has 0 saturated heterocycles. The van der Waals surface area contributed by atoms with Gasteiger partial charge in [0.15, 0.2) is 11.5 Å². The predicted molar refractivity (Wildman–Crippen MR) is 111 cm³/mol. The van der Waals surface area contributed by atoms with Gasteiger partial charge in [0, 0.05) is 38.1 Å². The third-order valence-electron chi connectivity index (χ3n) is 4.95. The average molecular weight is 418 g/mol. The Morgan fingerprint density at radius 2 is 1.90 bits per heavy atom. The third-order valence-corrected chi connectivity index (χ3v) is 4.95. The van der Waals surface area contributed by atoms with E-state index in [1.165, 1.54) is 11.2 Å². The number of aromatic nitrogens is 1. The zero-order chi connectivity index (χ0) is 22.3. The van der Waals surface area contributed by atoms with E-state index in [9.17, 15) is 14.4 Å². The van der Waals surface area contributed by atoms with Crippen LogP contribution < -0.4 is 0 Å². The molecule has 2 heterocycles. The first-order chi connectivity index (χ1) is 14.3. The van der Waals surface area contributed by atoms with E-state index in [1.807, 2.05) is 6.92 Å². The normalized spacial score (nSPS) is 10.8. The molecule has 0 aliphatic rings. The van der Waals surface area contributed by atoms with Crippen LogP contribution in [0.4, 0.5) is 0 Å². The number of hydrogen-bond acceptors (Lipinski definition) is 6. The molecule has 0 bridgehead atoms. The largest absolute Gasteiger partial charge is 0.461 e. The number of carbonyl (C=O) groups excluding carboxylic acids is 3. The Labute approximate surface area is 176 Å². The van der Waals surface area contributed by atoms with Crippen LogP contribution in [0.15, 0.2) is 22.8 Å². The Hall–Kier alpha value is -2.87. The molecule has 0 saturated carbocycles. The van der Waals surface area contributed by atoms with Crippen LogP contribution in [0.1, 0.15) is 62.9 Å². The van der Waals surface area contributed by atoms with Gasteiger partial charge in [-0.15, -0.1) is 0 Å². The van der Waals surface area contributed by atoms with Gasteiger partial charge in [0.1, 0.15) is 5.69 Å². The Morgan fingerprint density at radius 1 is 1.17 bits per heavy atom. The molecule has 0 aliphatic heterocycles. The van der Waals surface area contributed by atoms with Crippen LogP contribution in [0.5, 0.6) is 0 Å². The van der Waals surface area contributed by atoms with Crippen LogP contribution in [0, 0.1) is 13.8 Å². The van der Waals surface area contributed by atoms with Crippen LogP contribution in [-0.4, -0.2) is 60.0 Å². The summed E-state index contributed by atoms with van der Waals surface area (Å²) in [4.78, 5) is 39.8. The molecule has 0 radical (unpaired) electrons. The summed E-state index contributed by atoms with van der Waals surface area (Å²) in [5.74, 6) is -0.901. The highest BCUT2D eigenvalue weighted by atomic mass is 16.5. The maximum atomic E-state index is 13.2. The maximum absolute atomic E-state index is 13.2. The van der Waals surface area contributed by atoms with Gasteiger partial charge in [-0.2, -0.15) is 0 Å². The fourth-order valence-corrected chi connectivity index (χ4v) is 3.44. The highest BCUT2D eigenvalue weighted by Gasteiger charge is 2.28. The lowest BCUT2D eigenvalue weighted by Crippen LogP contribution is -2.37. The lowest BCUT2D eigenvalue weighted by Gasteiger charge is -2.21. The zero-order valence-electron chi connectivity index (χ0n) is 18.3. The van der Waals surface area contributed by atoms with E-state index in [2.05, 4.69) is 0 Å². The lowest BCUT2D eigenvalue weighted by molar-refractivity contribution is 0.0513. The molecule has 0 unspecified atom stereocenters. The summed E-state index contributed by atoms with van der Waals surface area (Å²) in [6, 6.07) is 3.20. The number of Topliss-reactive ketones (excluding diaryl/α,β-unsaturated/α-hetero) is 1. The number of ketones is 1. The van der Waals surface area contributed by atoms with E-state index in [0.717, 1.165) is 0 Å². The van der Waals surface area contributed by atoms with Crippen molar-refractivity contribution in [2.75, 3.05) is 32.9 Å². The number of hydrogen-bond donors (Lipinski definition) is 0. The topological polar surface area (TPSA) is 91.0 Å². The molecule has 30 heavy (non-hydrogen) atoms. The molecular formula is C22H30N2O6. The summed E-state index contributed by atoms with van der Waals surface area (Å²) in [6.07, 6.45) is 2.01. The van der Waals surface area contributed by atoms with Crippen LogP contribution >= 0.6 is 0 Å². The molecule has 2 aromatic rings. The van der Waals surface area contributed by atoms with Gasteiger partial charge in [-0.25, -0.2) is 4.79 Å². The standard InChI is InChI=1S/C22H30N2O6/c1-6-28-12-9-11-24(21(26)18-10-8-13-30-18)14-17(25)19-15(3)20(22(27)29-7-2)23(5)16(19)4/h8,10,13H,6-7,9,11-12,14H2,1-5H3. The number of amides is 1. The molecule has 2 rings (SSSR count). The minimum Gasteiger partial charge on any atom is -0.461 e. The summed E-state index contributed by atoms with van der Waals surface area (Å²) in [5, 5.41) is 0. The van der Waals surface area contributed by atoms with Crippen molar-refractivity contribution in [3.8, 4) is 0 Å².